The molecule has 4 rings (SSSR count). The van der Waals surface area contributed by atoms with Gasteiger partial charge in [-0.1, -0.05) is 6.07 Å². The first kappa shape index (κ1) is 15.6. The maximum atomic E-state index is 13.9. The molecule has 128 valence electrons. The van der Waals surface area contributed by atoms with Gasteiger partial charge in [0.25, 0.3) is 0 Å². The normalized spacial score (nSPS) is 17.1. The fraction of sp³-hybridized carbons (Fsp3) is 0.263. The topological polar surface area (TPSA) is 55.6 Å². The Morgan fingerprint density at radius 1 is 1.36 bits per heavy atom. The van der Waals surface area contributed by atoms with Gasteiger partial charge < -0.3 is 14.5 Å². The predicted molar refractivity (Wildman–Crippen MR) is 91.2 cm³/mol. The maximum Gasteiger partial charge on any atom is 0.221 e. The molecule has 1 aliphatic rings. The molecule has 0 aliphatic carbocycles. The van der Waals surface area contributed by atoms with Crippen LogP contribution in [0.15, 0.2) is 36.5 Å². The van der Waals surface area contributed by atoms with E-state index in [1.54, 1.807) is 13.2 Å². The average Bonchev–Trinajstić information content (AvgIpc) is 2.89. The molecule has 0 bridgehead atoms. The van der Waals surface area contributed by atoms with Gasteiger partial charge in [0, 0.05) is 24.1 Å². The summed E-state index contributed by atoms with van der Waals surface area (Å²) in [5.41, 5.74) is 4.26. The van der Waals surface area contributed by atoms with Gasteiger partial charge in [0.2, 0.25) is 5.91 Å². The van der Waals surface area contributed by atoms with E-state index in [2.05, 4.69) is 5.32 Å². The number of imidazole rings is 1. The second-order valence-electron chi connectivity index (χ2n) is 6.25. The number of hydrogen-bond acceptors (Lipinski definition) is 3. The summed E-state index contributed by atoms with van der Waals surface area (Å²) in [5, 5.41) is 2.88. The zero-order chi connectivity index (χ0) is 17.6. The van der Waals surface area contributed by atoms with Crippen LogP contribution in [0.1, 0.15) is 34.9 Å². The molecule has 25 heavy (non-hydrogen) atoms. The van der Waals surface area contributed by atoms with Crippen molar-refractivity contribution in [2.24, 2.45) is 0 Å². The second kappa shape index (κ2) is 5.88. The van der Waals surface area contributed by atoms with Gasteiger partial charge in [-0.05, 0) is 36.8 Å². The summed E-state index contributed by atoms with van der Waals surface area (Å²) in [6, 6.07) is 8.35. The second-order valence-corrected chi connectivity index (χ2v) is 6.25. The largest absolute Gasteiger partial charge is 0.496 e. The first-order chi connectivity index (χ1) is 12.1. The third-order valence-electron chi connectivity index (χ3n) is 4.70. The van der Waals surface area contributed by atoms with Crippen LogP contribution in [0.25, 0.3) is 5.65 Å². The summed E-state index contributed by atoms with van der Waals surface area (Å²) in [4.78, 5) is 17.0. The van der Waals surface area contributed by atoms with Crippen LogP contribution in [0.2, 0.25) is 0 Å². The number of hydrogen-bond donors (Lipinski definition) is 1. The zero-order valence-corrected chi connectivity index (χ0v) is 14.0. The van der Waals surface area contributed by atoms with E-state index in [1.165, 1.54) is 12.1 Å². The fourth-order valence-electron chi connectivity index (χ4n) is 3.54. The lowest BCUT2D eigenvalue weighted by atomic mass is 9.90. The van der Waals surface area contributed by atoms with E-state index in [1.807, 2.05) is 29.7 Å². The molecule has 3 heterocycles. The van der Waals surface area contributed by atoms with Crippen molar-refractivity contribution in [2.45, 2.75) is 25.8 Å². The Morgan fingerprint density at radius 2 is 2.20 bits per heavy atom. The van der Waals surface area contributed by atoms with Gasteiger partial charge >= 0.3 is 0 Å². The summed E-state index contributed by atoms with van der Waals surface area (Å²) in [6.45, 7) is 2.36. The summed E-state index contributed by atoms with van der Waals surface area (Å²) in [6.07, 6.45) is 2.15. The summed E-state index contributed by atoms with van der Waals surface area (Å²) in [5.74, 6) is -0.211. The Balaban J connectivity index is 2.00. The Bertz CT molecular complexity index is 980. The number of benzene rings is 1. The minimum absolute atomic E-state index is 0.0873. The molecule has 0 saturated heterocycles. The van der Waals surface area contributed by atoms with Gasteiger partial charge in [-0.2, -0.15) is 0 Å². The lowest BCUT2D eigenvalue weighted by Crippen LogP contribution is -2.21. The van der Waals surface area contributed by atoms with E-state index < -0.39 is 0 Å². The van der Waals surface area contributed by atoms with Crippen molar-refractivity contribution in [1.29, 1.82) is 0 Å². The minimum Gasteiger partial charge on any atom is -0.496 e. The number of amides is 1. The highest BCUT2D eigenvalue weighted by Gasteiger charge is 2.31. The number of carbonyl (C=O) groups excluding carboxylic acids is 1. The number of aromatic nitrogens is 2. The molecule has 1 unspecified atom stereocenters. The SMILES string of the molecule is COc1ccc(F)cc1C1CC(=O)NCc2nc3c(C)cccn3c21. The Morgan fingerprint density at radius 3 is 3.00 bits per heavy atom. The van der Waals surface area contributed by atoms with Crippen LogP contribution in [0.4, 0.5) is 4.39 Å². The molecule has 3 aromatic rings. The lowest BCUT2D eigenvalue weighted by Gasteiger charge is -2.19. The van der Waals surface area contributed by atoms with Crippen LogP contribution < -0.4 is 10.1 Å². The van der Waals surface area contributed by atoms with E-state index in [-0.39, 0.29) is 24.1 Å². The molecule has 1 atom stereocenters. The molecule has 1 aromatic carbocycles. The summed E-state index contributed by atoms with van der Waals surface area (Å²) >= 11 is 0. The molecule has 0 spiro atoms. The average molecular weight is 339 g/mol. The van der Waals surface area contributed by atoms with Crippen LogP contribution >= 0.6 is 0 Å². The number of ether oxygens (including phenoxy) is 1. The molecule has 1 amide bonds. The first-order valence-electron chi connectivity index (χ1n) is 8.15. The molecule has 5 nitrogen and oxygen atoms in total. The highest BCUT2D eigenvalue weighted by atomic mass is 19.1. The zero-order valence-electron chi connectivity index (χ0n) is 14.0. The highest BCUT2D eigenvalue weighted by Crippen LogP contribution is 2.38. The maximum absolute atomic E-state index is 13.9. The number of rotatable bonds is 2. The number of methoxy groups -OCH3 is 1. The monoisotopic (exact) mass is 339 g/mol. The molecule has 1 N–H and O–H groups in total. The number of pyridine rings is 1. The molecule has 2 aromatic heterocycles. The van der Waals surface area contributed by atoms with Gasteiger partial charge in [-0.3, -0.25) is 4.79 Å². The van der Waals surface area contributed by atoms with Gasteiger partial charge in [-0.15, -0.1) is 0 Å². The number of nitrogens with one attached hydrogen (secondary N) is 1. The Hall–Kier alpha value is -2.89. The van der Waals surface area contributed by atoms with Gasteiger partial charge in [0.15, 0.2) is 0 Å². The Labute approximate surface area is 144 Å². The molecular formula is C19H18FN3O2. The number of carbonyl (C=O) groups is 1. The van der Waals surface area contributed by atoms with Crippen molar-refractivity contribution in [3.05, 3.63) is 64.9 Å². The fourth-order valence-corrected chi connectivity index (χ4v) is 3.54. The number of fused-ring (bicyclic) bond motifs is 3. The Kier molecular flexibility index (Phi) is 3.67. The number of halogens is 1. The van der Waals surface area contributed by atoms with Crippen LogP contribution in [-0.2, 0) is 11.3 Å². The third-order valence-corrected chi connectivity index (χ3v) is 4.70. The third kappa shape index (κ3) is 2.54. The minimum atomic E-state index is -0.355. The van der Waals surface area contributed by atoms with Crippen molar-refractivity contribution >= 4 is 11.6 Å². The van der Waals surface area contributed by atoms with E-state index in [0.717, 1.165) is 22.6 Å². The van der Waals surface area contributed by atoms with Crippen molar-refractivity contribution in [2.75, 3.05) is 7.11 Å². The highest BCUT2D eigenvalue weighted by molar-refractivity contribution is 5.79. The van der Waals surface area contributed by atoms with E-state index in [9.17, 15) is 9.18 Å². The standard InChI is InChI=1S/C19H18FN3O2/c1-11-4-3-7-23-18-14(13-8-12(20)5-6-16(13)25-2)9-17(24)21-10-15(18)22-19(11)23/h3-8,14H,9-10H2,1-2H3,(H,21,24). The van der Waals surface area contributed by atoms with Crippen molar-refractivity contribution in [3.63, 3.8) is 0 Å². The van der Waals surface area contributed by atoms with Crippen LogP contribution in [0.3, 0.4) is 0 Å². The van der Waals surface area contributed by atoms with Gasteiger partial charge in [0.05, 0.1) is 25.0 Å². The molecule has 0 radical (unpaired) electrons. The predicted octanol–water partition coefficient (Wildman–Crippen LogP) is 2.94. The van der Waals surface area contributed by atoms with E-state index in [0.29, 0.717) is 17.9 Å². The number of aryl methyl sites for hydroxylation is 1. The molecular weight excluding hydrogens is 321 g/mol. The van der Waals surface area contributed by atoms with E-state index >= 15 is 0 Å². The number of nitrogens with zero attached hydrogens (tertiary/aromatic N) is 2. The smallest absolute Gasteiger partial charge is 0.221 e. The van der Waals surface area contributed by atoms with E-state index in [4.69, 9.17) is 9.72 Å². The molecule has 6 heteroatoms. The summed E-state index contributed by atoms with van der Waals surface area (Å²) in [7, 11) is 1.55. The van der Waals surface area contributed by atoms with Crippen LogP contribution in [0, 0.1) is 12.7 Å². The van der Waals surface area contributed by atoms with Gasteiger partial charge in [0.1, 0.15) is 17.2 Å². The molecule has 1 aliphatic heterocycles. The quantitative estimate of drug-likeness (QED) is 0.781. The van der Waals surface area contributed by atoms with Crippen molar-refractivity contribution < 1.29 is 13.9 Å². The lowest BCUT2D eigenvalue weighted by molar-refractivity contribution is -0.121. The molecule has 0 fully saturated rings. The van der Waals surface area contributed by atoms with Crippen molar-refractivity contribution in [1.82, 2.24) is 14.7 Å². The van der Waals surface area contributed by atoms with Gasteiger partial charge in [-0.25, -0.2) is 9.37 Å². The first-order valence-corrected chi connectivity index (χ1v) is 8.15. The summed E-state index contributed by atoms with van der Waals surface area (Å²) < 4.78 is 21.4. The molecule has 0 saturated carbocycles. The van der Waals surface area contributed by atoms with Crippen molar-refractivity contribution in [3.8, 4) is 5.75 Å². The van der Waals surface area contributed by atoms with Crippen LogP contribution in [-0.4, -0.2) is 22.4 Å². The van der Waals surface area contributed by atoms with Crippen LogP contribution in [0.5, 0.6) is 5.75 Å².